The number of carbonyl (C=O) groups is 1. The minimum Gasteiger partial charge on any atom is -0.462 e. The number of carbonyl (C=O) groups excluding carboxylic acids is 1. The molecule has 3 N–H and O–H groups in total. The van der Waals surface area contributed by atoms with Crippen molar-refractivity contribution >= 4 is 5.97 Å². The lowest BCUT2D eigenvalue weighted by Crippen LogP contribution is -2.35. The van der Waals surface area contributed by atoms with Crippen LogP contribution in [0.2, 0.25) is 0 Å². The maximum absolute atomic E-state index is 11.3. The third-order valence-electron chi connectivity index (χ3n) is 1.65. The Morgan fingerprint density at radius 3 is 2.93 bits per heavy atom. The number of imidazole rings is 1. The van der Waals surface area contributed by atoms with Gasteiger partial charge in [-0.05, 0) is 13.8 Å². The number of hydrogen-bond donors (Lipinski definition) is 2. The van der Waals surface area contributed by atoms with Gasteiger partial charge in [0, 0.05) is 18.3 Å². The van der Waals surface area contributed by atoms with Crippen molar-refractivity contribution in [2.75, 3.05) is 0 Å². The molecule has 5 nitrogen and oxygen atoms in total. The molecule has 78 valence electrons. The minimum absolute atomic E-state index is 0.129. The molecular weight excluding hydrogens is 182 g/mol. The zero-order valence-electron chi connectivity index (χ0n) is 8.36. The number of aromatic nitrogens is 2. The van der Waals surface area contributed by atoms with Crippen molar-refractivity contribution < 1.29 is 9.53 Å². The fourth-order valence-electron chi connectivity index (χ4n) is 1.04. The van der Waals surface area contributed by atoms with Crippen LogP contribution in [0.4, 0.5) is 0 Å². The Morgan fingerprint density at radius 1 is 1.71 bits per heavy atom. The van der Waals surface area contributed by atoms with Crippen molar-refractivity contribution in [3.8, 4) is 0 Å². The third-order valence-corrected chi connectivity index (χ3v) is 1.65. The quantitative estimate of drug-likeness (QED) is 0.677. The molecule has 0 saturated heterocycles. The van der Waals surface area contributed by atoms with E-state index in [4.69, 9.17) is 10.5 Å². The Kier molecular flexibility index (Phi) is 3.64. The van der Waals surface area contributed by atoms with Crippen molar-refractivity contribution in [1.82, 2.24) is 9.97 Å². The van der Waals surface area contributed by atoms with Crippen LogP contribution in [-0.2, 0) is 16.0 Å². The van der Waals surface area contributed by atoms with Gasteiger partial charge in [-0.3, -0.25) is 4.79 Å². The Hall–Kier alpha value is -1.36. The monoisotopic (exact) mass is 197 g/mol. The highest BCUT2D eigenvalue weighted by Gasteiger charge is 2.17. The molecule has 0 spiro atoms. The molecular formula is C9H15N3O2. The van der Waals surface area contributed by atoms with Crippen molar-refractivity contribution in [3.05, 3.63) is 18.2 Å². The summed E-state index contributed by atoms with van der Waals surface area (Å²) < 4.78 is 4.96. The smallest absolute Gasteiger partial charge is 0.323 e. The molecule has 1 aromatic rings. The standard InChI is InChI=1S/C9H15N3O2/c1-6(2)14-9(13)8(10)3-7-4-11-5-12-7/h4-6,8H,3,10H2,1-2H3,(H,11,12)/t8-/m1/s1. The summed E-state index contributed by atoms with van der Waals surface area (Å²) in [5, 5.41) is 0. The predicted molar refractivity (Wildman–Crippen MR) is 51.5 cm³/mol. The van der Waals surface area contributed by atoms with Gasteiger partial charge in [-0.2, -0.15) is 0 Å². The number of esters is 1. The largest absolute Gasteiger partial charge is 0.462 e. The van der Waals surface area contributed by atoms with Crippen molar-refractivity contribution in [2.45, 2.75) is 32.4 Å². The number of nitrogens with one attached hydrogen (secondary N) is 1. The van der Waals surface area contributed by atoms with Gasteiger partial charge in [-0.1, -0.05) is 0 Å². The predicted octanol–water partition coefficient (Wildman–Crippen LogP) is 0.231. The summed E-state index contributed by atoms with van der Waals surface area (Å²) in [6.07, 6.45) is 3.49. The normalized spacial score (nSPS) is 12.9. The van der Waals surface area contributed by atoms with E-state index in [1.165, 1.54) is 0 Å². The zero-order valence-corrected chi connectivity index (χ0v) is 8.36. The fourth-order valence-corrected chi connectivity index (χ4v) is 1.04. The second-order valence-electron chi connectivity index (χ2n) is 3.37. The van der Waals surface area contributed by atoms with Gasteiger partial charge in [0.25, 0.3) is 0 Å². The molecule has 0 amide bonds. The highest BCUT2D eigenvalue weighted by Crippen LogP contribution is 1.99. The van der Waals surface area contributed by atoms with Crippen LogP contribution in [0.15, 0.2) is 12.5 Å². The van der Waals surface area contributed by atoms with Gasteiger partial charge >= 0.3 is 5.97 Å². The van der Waals surface area contributed by atoms with Crippen LogP contribution in [0.25, 0.3) is 0 Å². The molecule has 5 heteroatoms. The first kappa shape index (κ1) is 10.7. The van der Waals surface area contributed by atoms with E-state index in [-0.39, 0.29) is 12.1 Å². The van der Waals surface area contributed by atoms with E-state index in [9.17, 15) is 4.79 Å². The summed E-state index contributed by atoms with van der Waals surface area (Å²) in [5.41, 5.74) is 6.47. The fraction of sp³-hybridized carbons (Fsp3) is 0.556. The highest BCUT2D eigenvalue weighted by molar-refractivity contribution is 5.75. The van der Waals surface area contributed by atoms with E-state index in [2.05, 4.69) is 9.97 Å². The van der Waals surface area contributed by atoms with Gasteiger partial charge in [0.15, 0.2) is 0 Å². The van der Waals surface area contributed by atoms with Crippen LogP contribution in [0.5, 0.6) is 0 Å². The lowest BCUT2D eigenvalue weighted by molar-refractivity contribution is -0.148. The second-order valence-corrected chi connectivity index (χ2v) is 3.37. The average molecular weight is 197 g/mol. The highest BCUT2D eigenvalue weighted by atomic mass is 16.5. The summed E-state index contributed by atoms with van der Waals surface area (Å²) in [5.74, 6) is -0.380. The summed E-state index contributed by atoms with van der Waals surface area (Å²) in [4.78, 5) is 18.0. The SMILES string of the molecule is CC(C)OC(=O)[C@H](N)Cc1cnc[nH]1. The van der Waals surface area contributed by atoms with E-state index < -0.39 is 6.04 Å². The molecule has 0 aliphatic heterocycles. The first-order valence-electron chi connectivity index (χ1n) is 4.53. The molecule has 0 saturated carbocycles. The number of nitrogens with zero attached hydrogens (tertiary/aromatic N) is 1. The van der Waals surface area contributed by atoms with Gasteiger partial charge in [0.2, 0.25) is 0 Å². The van der Waals surface area contributed by atoms with Crippen LogP contribution in [0.3, 0.4) is 0 Å². The molecule has 0 unspecified atom stereocenters. The number of nitrogens with two attached hydrogens (primary N) is 1. The Labute approximate surface area is 82.7 Å². The van der Waals surface area contributed by atoms with E-state index in [1.807, 2.05) is 0 Å². The molecule has 0 aliphatic rings. The van der Waals surface area contributed by atoms with Crippen LogP contribution in [0, 0.1) is 0 Å². The lowest BCUT2D eigenvalue weighted by atomic mass is 10.2. The van der Waals surface area contributed by atoms with E-state index in [0.29, 0.717) is 6.42 Å². The molecule has 1 aromatic heterocycles. The van der Waals surface area contributed by atoms with Crippen molar-refractivity contribution in [2.24, 2.45) is 5.73 Å². The molecule has 1 atom stereocenters. The zero-order chi connectivity index (χ0) is 10.6. The Balaban J connectivity index is 2.42. The van der Waals surface area contributed by atoms with Crippen LogP contribution < -0.4 is 5.73 Å². The summed E-state index contributed by atoms with van der Waals surface area (Å²) in [6.45, 7) is 3.58. The Morgan fingerprint density at radius 2 is 2.43 bits per heavy atom. The van der Waals surface area contributed by atoms with Gasteiger partial charge in [0.05, 0.1) is 12.4 Å². The second kappa shape index (κ2) is 4.76. The first-order valence-corrected chi connectivity index (χ1v) is 4.53. The molecule has 0 bridgehead atoms. The molecule has 1 rings (SSSR count). The van der Waals surface area contributed by atoms with Gasteiger partial charge in [0.1, 0.15) is 6.04 Å². The van der Waals surface area contributed by atoms with Gasteiger partial charge < -0.3 is 15.5 Å². The van der Waals surface area contributed by atoms with Crippen LogP contribution in [0.1, 0.15) is 19.5 Å². The van der Waals surface area contributed by atoms with Crippen LogP contribution >= 0.6 is 0 Å². The number of aromatic amines is 1. The average Bonchev–Trinajstić information content (AvgIpc) is 2.55. The summed E-state index contributed by atoms with van der Waals surface area (Å²) >= 11 is 0. The topological polar surface area (TPSA) is 81.0 Å². The Bertz CT molecular complexity index is 282. The molecule has 14 heavy (non-hydrogen) atoms. The van der Waals surface area contributed by atoms with E-state index in [0.717, 1.165) is 5.69 Å². The maximum Gasteiger partial charge on any atom is 0.323 e. The third kappa shape index (κ3) is 3.18. The summed E-state index contributed by atoms with van der Waals surface area (Å²) in [6, 6.07) is -0.627. The lowest BCUT2D eigenvalue weighted by Gasteiger charge is -2.12. The molecule has 0 aromatic carbocycles. The van der Waals surface area contributed by atoms with E-state index in [1.54, 1.807) is 26.4 Å². The molecule has 0 aliphatic carbocycles. The van der Waals surface area contributed by atoms with E-state index >= 15 is 0 Å². The first-order chi connectivity index (χ1) is 6.59. The molecule has 0 radical (unpaired) electrons. The van der Waals surface area contributed by atoms with Crippen molar-refractivity contribution in [3.63, 3.8) is 0 Å². The number of ether oxygens (including phenoxy) is 1. The van der Waals surface area contributed by atoms with Crippen molar-refractivity contribution in [1.29, 1.82) is 0 Å². The number of H-pyrrole nitrogens is 1. The molecule has 1 heterocycles. The van der Waals surface area contributed by atoms with Gasteiger partial charge in [-0.15, -0.1) is 0 Å². The number of rotatable bonds is 4. The minimum atomic E-state index is -0.627. The molecule has 0 fully saturated rings. The maximum atomic E-state index is 11.3. The number of hydrogen-bond acceptors (Lipinski definition) is 4. The van der Waals surface area contributed by atoms with Crippen LogP contribution in [-0.4, -0.2) is 28.1 Å². The summed E-state index contributed by atoms with van der Waals surface area (Å²) in [7, 11) is 0. The van der Waals surface area contributed by atoms with Gasteiger partial charge in [-0.25, -0.2) is 4.98 Å².